The molecule has 1 saturated heterocycles. The topological polar surface area (TPSA) is 107 Å². The van der Waals surface area contributed by atoms with Crippen LogP contribution in [0.15, 0.2) is 18.2 Å². The molecule has 1 aromatic rings. The number of hydrogen-bond acceptors (Lipinski definition) is 5. The van der Waals surface area contributed by atoms with Gasteiger partial charge in [0.25, 0.3) is 27.9 Å². The maximum atomic E-state index is 12.6. The van der Waals surface area contributed by atoms with Crippen LogP contribution in [-0.2, 0) is 10.2 Å². The third-order valence-corrected chi connectivity index (χ3v) is 7.21. The van der Waals surface area contributed by atoms with Gasteiger partial charge in [-0.25, -0.2) is 0 Å². The zero-order valence-electron chi connectivity index (χ0n) is 17.0. The fourth-order valence-corrected chi connectivity index (χ4v) is 4.73. The summed E-state index contributed by atoms with van der Waals surface area (Å²) < 4.78 is 26.9. The highest BCUT2D eigenvalue weighted by Gasteiger charge is 2.37. The van der Waals surface area contributed by atoms with Crippen molar-refractivity contribution in [3.8, 4) is 0 Å². The third-order valence-electron chi connectivity index (χ3n) is 5.27. The van der Waals surface area contributed by atoms with E-state index >= 15 is 0 Å². The lowest BCUT2D eigenvalue weighted by atomic mass is 10.0. The second kappa shape index (κ2) is 7.85. The average molecular weight is 423 g/mol. The van der Waals surface area contributed by atoms with Crippen LogP contribution >= 0.6 is 0 Å². The lowest BCUT2D eigenvalue weighted by Gasteiger charge is -2.33. The molecule has 0 unspecified atom stereocenters. The summed E-state index contributed by atoms with van der Waals surface area (Å²) in [6.45, 7) is 4.17. The summed E-state index contributed by atoms with van der Waals surface area (Å²) in [6.07, 6.45) is 1.00. The molecule has 1 aromatic carbocycles. The minimum atomic E-state index is -3.45. The summed E-state index contributed by atoms with van der Waals surface area (Å²) in [5.41, 5.74) is 0.851. The zero-order chi connectivity index (χ0) is 21.5. The van der Waals surface area contributed by atoms with Gasteiger partial charge in [0, 0.05) is 44.8 Å². The van der Waals surface area contributed by atoms with Gasteiger partial charge >= 0.3 is 0 Å². The van der Waals surface area contributed by atoms with E-state index in [2.05, 4.69) is 5.32 Å². The van der Waals surface area contributed by atoms with E-state index in [0.717, 1.165) is 0 Å². The standard InChI is InChI=1S/C19H26N4O5S/c1-12(2)23-18(25)15-6-5-13(11-16(15)19(23)26)17(24)20-14-7-9-22(10-8-14)29(27,28)21(3)4/h5-6,11-12,14H,7-10H2,1-4H3,(H,20,24). The summed E-state index contributed by atoms with van der Waals surface area (Å²) in [5, 5.41) is 2.90. The zero-order valence-corrected chi connectivity index (χ0v) is 17.8. The Kier molecular flexibility index (Phi) is 5.79. The summed E-state index contributed by atoms with van der Waals surface area (Å²) in [4.78, 5) is 38.7. The minimum absolute atomic E-state index is 0.158. The molecule has 9 nitrogen and oxygen atoms in total. The Morgan fingerprint density at radius 2 is 1.69 bits per heavy atom. The molecule has 10 heteroatoms. The third kappa shape index (κ3) is 3.92. The number of benzene rings is 1. The maximum absolute atomic E-state index is 12.6. The summed E-state index contributed by atoms with van der Waals surface area (Å²) in [5.74, 6) is -1.08. The molecule has 29 heavy (non-hydrogen) atoms. The summed E-state index contributed by atoms with van der Waals surface area (Å²) >= 11 is 0. The average Bonchev–Trinajstić information content (AvgIpc) is 2.92. The fourth-order valence-electron chi connectivity index (χ4n) is 3.60. The van der Waals surface area contributed by atoms with Crippen molar-refractivity contribution < 1.29 is 22.8 Å². The predicted molar refractivity (Wildman–Crippen MR) is 107 cm³/mol. The molecule has 2 aliphatic heterocycles. The van der Waals surface area contributed by atoms with E-state index < -0.39 is 16.1 Å². The summed E-state index contributed by atoms with van der Waals surface area (Å²) in [6, 6.07) is 4.09. The van der Waals surface area contributed by atoms with E-state index in [-0.39, 0.29) is 29.5 Å². The first-order valence-corrected chi connectivity index (χ1v) is 10.9. The van der Waals surface area contributed by atoms with Gasteiger partial charge in [0.2, 0.25) is 0 Å². The van der Waals surface area contributed by atoms with Crippen molar-refractivity contribution in [1.29, 1.82) is 0 Å². The smallest absolute Gasteiger partial charge is 0.281 e. The molecule has 3 rings (SSSR count). The van der Waals surface area contributed by atoms with E-state index in [1.165, 1.54) is 45.8 Å². The molecule has 1 N–H and O–H groups in total. The Balaban J connectivity index is 1.67. The lowest BCUT2D eigenvalue weighted by Crippen LogP contribution is -2.49. The molecule has 0 atom stereocenters. The molecule has 1 fully saturated rings. The van der Waals surface area contributed by atoms with Crippen molar-refractivity contribution >= 4 is 27.9 Å². The number of imide groups is 1. The SMILES string of the molecule is CC(C)N1C(=O)c2ccc(C(=O)NC3CCN(S(=O)(=O)N(C)C)CC3)cc2C1=O. The van der Waals surface area contributed by atoms with Crippen LogP contribution in [0.2, 0.25) is 0 Å². The van der Waals surface area contributed by atoms with Gasteiger partial charge in [-0.3, -0.25) is 19.3 Å². The molecule has 2 aliphatic rings. The Labute approximate surface area is 170 Å². The molecule has 0 aromatic heterocycles. The number of nitrogens with one attached hydrogen (secondary N) is 1. The van der Waals surface area contributed by atoms with Crippen molar-refractivity contribution in [3.63, 3.8) is 0 Å². The number of fused-ring (bicyclic) bond motifs is 1. The summed E-state index contributed by atoms with van der Waals surface area (Å²) in [7, 11) is -0.475. The monoisotopic (exact) mass is 422 g/mol. The Morgan fingerprint density at radius 1 is 1.10 bits per heavy atom. The molecular weight excluding hydrogens is 396 g/mol. The molecule has 0 bridgehead atoms. The van der Waals surface area contributed by atoms with E-state index in [4.69, 9.17) is 0 Å². The van der Waals surface area contributed by atoms with E-state index in [0.29, 0.717) is 37.1 Å². The predicted octanol–water partition coefficient (Wildman–Crippen LogP) is 0.692. The normalized spacial score (nSPS) is 18.6. The molecular formula is C19H26N4O5S. The van der Waals surface area contributed by atoms with Gasteiger partial charge in [-0.2, -0.15) is 17.0 Å². The molecule has 0 spiro atoms. The molecule has 0 saturated carbocycles. The van der Waals surface area contributed by atoms with Crippen molar-refractivity contribution in [2.24, 2.45) is 0 Å². The first-order valence-electron chi connectivity index (χ1n) is 9.54. The number of nitrogens with zero attached hydrogens (tertiary/aromatic N) is 3. The van der Waals surface area contributed by atoms with Crippen molar-refractivity contribution in [3.05, 3.63) is 34.9 Å². The van der Waals surface area contributed by atoms with Gasteiger partial charge in [-0.05, 0) is 44.9 Å². The molecule has 158 valence electrons. The molecule has 2 heterocycles. The first-order chi connectivity index (χ1) is 13.5. The fraction of sp³-hybridized carbons (Fsp3) is 0.526. The molecule has 0 aliphatic carbocycles. The maximum Gasteiger partial charge on any atom is 0.281 e. The number of rotatable bonds is 5. The van der Waals surface area contributed by atoms with Crippen LogP contribution in [0.25, 0.3) is 0 Å². The molecule has 3 amide bonds. The van der Waals surface area contributed by atoms with Crippen LogP contribution in [0.5, 0.6) is 0 Å². The van der Waals surface area contributed by atoms with Gasteiger partial charge in [0.1, 0.15) is 0 Å². The molecule has 0 radical (unpaired) electrons. The van der Waals surface area contributed by atoms with Crippen LogP contribution in [0.3, 0.4) is 0 Å². The Hall–Kier alpha value is -2.30. The van der Waals surface area contributed by atoms with Gasteiger partial charge < -0.3 is 5.32 Å². The highest BCUT2D eigenvalue weighted by atomic mass is 32.2. The van der Waals surface area contributed by atoms with E-state index in [1.807, 2.05) is 0 Å². The number of hydrogen-bond donors (Lipinski definition) is 1. The van der Waals surface area contributed by atoms with Crippen LogP contribution in [-0.4, -0.2) is 78.9 Å². The van der Waals surface area contributed by atoms with Crippen molar-refractivity contribution in [1.82, 2.24) is 18.8 Å². The quantitative estimate of drug-likeness (QED) is 0.703. The van der Waals surface area contributed by atoms with Gasteiger partial charge in [-0.15, -0.1) is 0 Å². The Morgan fingerprint density at radius 3 is 2.24 bits per heavy atom. The Bertz CT molecular complexity index is 949. The first kappa shape index (κ1) is 21.4. The lowest BCUT2D eigenvalue weighted by molar-refractivity contribution is 0.0609. The van der Waals surface area contributed by atoms with Crippen LogP contribution in [0, 0.1) is 0 Å². The number of carbonyl (C=O) groups excluding carboxylic acids is 3. The van der Waals surface area contributed by atoms with E-state index in [9.17, 15) is 22.8 Å². The van der Waals surface area contributed by atoms with Crippen molar-refractivity contribution in [2.75, 3.05) is 27.2 Å². The van der Waals surface area contributed by atoms with Gasteiger partial charge in [0.05, 0.1) is 11.1 Å². The van der Waals surface area contributed by atoms with Crippen LogP contribution < -0.4 is 5.32 Å². The van der Waals surface area contributed by atoms with Crippen LogP contribution in [0.1, 0.15) is 57.8 Å². The second-order valence-corrected chi connectivity index (χ2v) is 9.91. The van der Waals surface area contributed by atoms with Gasteiger partial charge in [0.15, 0.2) is 0 Å². The second-order valence-electron chi connectivity index (χ2n) is 7.77. The highest BCUT2D eigenvalue weighted by molar-refractivity contribution is 7.86. The van der Waals surface area contributed by atoms with Crippen molar-refractivity contribution in [2.45, 2.75) is 38.8 Å². The number of carbonyl (C=O) groups is 3. The number of amides is 3. The van der Waals surface area contributed by atoms with Gasteiger partial charge in [-0.1, -0.05) is 0 Å². The van der Waals surface area contributed by atoms with Crippen LogP contribution in [0.4, 0.5) is 0 Å². The number of piperidine rings is 1. The minimum Gasteiger partial charge on any atom is -0.349 e. The van der Waals surface area contributed by atoms with E-state index in [1.54, 1.807) is 13.8 Å². The highest BCUT2D eigenvalue weighted by Crippen LogP contribution is 2.26. The largest absolute Gasteiger partial charge is 0.349 e.